The van der Waals surface area contributed by atoms with Crippen molar-refractivity contribution in [3.05, 3.63) is 77.4 Å². The van der Waals surface area contributed by atoms with Crippen LogP contribution in [-0.4, -0.2) is 15.9 Å². The van der Waals surface area contributed by atoms with Gasteiger partial charge in [0.2, 0.25) is 5.88 Å². The van der Waals surface area contributed by atoms with Gasteiger partial charge in [-0.25, -0.2) is 19.2 Å². The van der Waals surface area contributed by atoms with E-state index in [1.165, 1.54) is 43.2 Å². The highest BCUT2D eigenvalue weighted by atomic mass is 19.1. The van der Waals surface area contributed by atoms with Gasteiger partial charge in [-0.3, -0.25) is 0 Å². The molecular weight excluding hydrogens is 391 g/mol. The molecule has 0 radical (unpaired) electrons. The van der Waals surface area contributed by atoms with Gasteiger partial charge >= 0.3 is 5.97 Å². The van der Waals surface area contributed by atoms with Crippen molar-refractivity contribution in [2.75, 3.05) is 0 Å². The van der Waals surface area contributed by atoms with E-state index >= 15 is 0 Å². The lowest BCUT2D eigenvalue weighted by Gasteiger charge is -2.07. The van der Waals surface area contributed by atoms with Crippen molar-refractivity contribution in [3.63, 3.8) is 0 Å². The molecule has 0 fully saturated rings. The number of hydrogen-bond acceptors (Lipinski definition) is 4. The molecule has 1 aromatic heterocycles. The first-order valence-electron chi connectivity index (χ1n) is 11.0. The predicted molar refractivity (Wildman–Crippen MR) is 121 cm³/mol. The van der Waals surface area contributed by atoms with E-state index < -0.39 is 11.8 Å². The quantitative estimate of drug-likeness (QED) is 0.275. The van der Waals surface area contributed by atoms with E-state index in [4.69, 9.17) is 4.74 Å². The van der Waals surface area contributed by atoms with Crippen molar-refractivity contribution in [2.24, 2.45) is 0 Å². The second-order valence-electron chi connectivity index (χ2n) is 7.66. The molecule has 0 N–H and O–H groups in total. The summed E-state index contributed by atoms with van der Waals surface area (Å²) < 4.78 is 19.7. The molecule has 162 valence electrons. The van der Waals surface area contributed by atoms with Crippen LogP contribution >= 0.6 is 0 Å². The van der Waals surface area contributed by atoms with Gasteiger partial charge in [0, 0.05) is 5.56 Å². The Labute approximate surface area is 183 Å². The third-order valence-corrected chi connectivity index (χ3v) is 5.31. The van der Waals surface area contributed by atoms with E-state index in [2.05, 4.69) is 23.8 Å². The second kappa shape index (κ2) is 11.3. The lowest BCUT2D eigenvalue weighted by molar-refractivity contribution is 0.0722. The Morgan fingerprint density at radius 1 is 0.903 bits per heavy atom. The Bertz CT molecular complexity index is 985. The molecule has 0 atom stereocenters. The number of benzene rings is 2. The number of hydrogen-bond donors (Lipinski definition) is 0. The van der Waals surface area contributed by atoms with Gasteiger partial charge in [-0.2, -0.15) is 0 Å². The fraction of sp³-hybridized carbons (Fsp3) is 0.346. The largest absolute Gasteiger partial charge is 0.402 e. The minimum atomic E-state index is -0.777. The molecule has 0 aliphatic carbocycles. The van der Waals surface area contributed by atoms with E-state index in [-0.39, 0.29) is 11.4 Å². The first-order chi connectivity index (χ1) is 15.1. The number of carbonyl (C=O) groups excluding carboxylic acids is 1. The average Bonchev–Trinajstić information content (AvgIpc) is 2.79. The number of esters is 1. The van der Waals surface area contributed by atoms with Crippen LogP contribution in [0.25, 0.3) is 11.3 Å². The van der Waals surface area contributed by atoms with E-state index in [1.807, 2.05) is 24.3 Å². The van der Waals surface area contributed by atoms with Gasteiger partial charge in [0.1, 0.15) is 5.82 Å². The Morgan fingerprint density at radius 3 is 2.29 bits per heavy atom. The molecule has 0 saturated carbocycles. The van der Waals surface area contributed by atoms with Gasteiger partial charge in [0.15, 0.2) is 0 Å². The van der Waals surface area contributed by atoms with Crippen molar-refractivity contribution in [1.29, 1.82) is 0 Å². The van der Waals surface area contributed by atoms with E-state index in [0.29, 0.717) is 5.69 Å². The first-order valence-corrected chi connectivity index (χ1v) is 11.0. The third-order valence-electron chi connectivity index (χ3n) is 5.31. The van der Waals surface area contributed by atoms with Crippen molar-refractivity contribution in [3.8, 4) is 17.1 Å². The molecule has 0 spiro atoms. The van der Waals surface area contributed by atoms with Gasteiger partial charge < -0.3 is 4.74 Å². The molecule has 4 nitrogen and oxygen atoms in total. The van der Waals surface area contributed by atoms with Crippen LogP contribution in [0.3, 0.4) is 0 Å². The predicted octanol–water partition coefficient (Wildman–Crippen LogP) is 6.58. The number of aromatic nitrogens is 2. The van der Waals surface area contributed by atoms with Crippen molar-refractivity contribution in [2.45, 2.75) is 58.8 Å². The first kappa shape index (κ1) is 22.6. The fourth-order valence-corrected chi connectivity index (χ4v) is 3.39. The molecular formula is C26H29FN2O2. The number of ether oxygens (including phenoxy) is 1. The zero-order valence-electron chi connectivity index (χ0n) is 18.2. The molecule has 5 heteroatoms. The topological polar surface area (TPSA) is 52.1 Å². The summed E-state index contributed by atoms with van der Waals surface area (Å²) in [7, 11) is 0. The van der Waals surface area contributed by atoms with Gasteiger partial charge in [-0.1, -0.05) is 69.9 Å². The van der Waals surface area contributed by atoms with E-state index in [0.717, 1.165) is 36.8 Å². The SMILES string of the molecule is CCCCCCCc1ccc(C(=O)Oc2cnc(-c3ccc(CC)cc3)cn2)c(F)c1. The maximum atomic E-state index is 14.4. The molecule has 1 heterocycles. The van der Waals surface area contributed by atoms with Gasteiger partial charge in [-0.05, 0) is 42.5 Å². The van der Waals surface area contributed by atoms with Crippen LogP contribution in [-0.2, 0) is 12.8 Å². The Morgan fingerprint density at radius 2 is 1.65 bits per heavy atom. The molecule has 0 aliphatic rings. The molecule has 0 bridgehead atoms. The summed E-state index contributed by atoms with van der Waals surface area (Å²) in [6.45, 7) is 4.28. The summed E-state index contributed by atoms with van der Waals surface area (Å²) in [6.07, 6.45) is 10.5. The molecule has 0 saturated heterocycles. The number of aryl methyl sites for hydroxylation is 2. The van der Waals surface area contributed by atoms with Crippen LogP contribution in [0.1, 0.15) is 67.4 Å². The molecule has 3 aromatic rings. The lowest BCUT2D eigenvalue weighted by atomic mass is 10.0. The summed E-state index contributed by atoms with van der Waals surface area (Å²) in [5, 5.41) is 0. The number of unbranched alkanes of at least 4 members (excludes halogenated alkanes) is 4. The van der Waals surface area contributed by atoms with Gasteiger partial charge in [0.05, 0.1) is 23.7 Å². The number of halogens is 1. The maximum absolute atomic E-state index is 14.4. The highest BCUT2D eigenvalue weighted by Gasteiger charge is 2.16. The number of rotatable bonds is 10. The minimum Gasteiger partial charge on any atom is -0.402 e. The number of carbonyl (C=O) groups is 1. The fourth-order valence-electron chi connectivity index (χ4n) is 3.39. The van der Waals surface area contributed by atoms with Crippen LogP contribution < -0.4 is 4.74 Å². The molecule has 0 amide bonds. The van der Waals surface area contributed by atoms with E-state index in [9.17, 15) is 9.18 Å². The zero-order chi connectivity index (χ0) is 22.1. The monoisotopic (exact) mass is 420 g/mol. The molecule has 2 aromatic carbocycles. The summed E-state index contributed by atoms with van der Waals surface area (Å²) in [6, 6.07) is 12.7. The van der Waals surface area contributed by atoms with Crippen molar-refractivity contribution >= 4 is 5.97 Å². The molecule has 0 unspecified atom stereocenters. The molecule has 0 aliphatic heterocycles. The van der Waals surface area contributed by atoms with E-state index in [1.54, 1.807) is 12.3 Å². The van der Waals surface area contributed by atoms with Crippen LogP contribution in [0.5, 0.6) is 5.88 Å². The van der Waals surface area contributed by atoms with Crippen LogP contribution in [0.15, 0.2) is 54.9 Å². The van der Waals surface area contributed by atoms with Crippen LogP contribution in [0.2, 0.25) is 0 Å². The number of nitrogens with zero attached hydrogens (tertiary/aromatic N) is 2. The summed E-state index contributed by atoms with van der Waals surface area (Å²) >= 11 is 0. The van der Waals surface area contributed by atoms with Gasteiger partial charge in [-0.15, -0.1) is 0 Å². The lowest BCUT2D eigenvalue weighted by Crippen LogP contribution is -2.12. The third kappa shape index (κ3) is 6.45. The molecule has 3 rings (SSSR count). The highest BCUT2D eigenvalue weighted by Crippen LogP contribution is 2.20. The van der Waals surface area contributed by atoms with Crippen LogP contribution in [0, 0.1) is 5.82 Å². The minimum absolute atomic E-state index is 0.0401. The van der Waals surface area contributed by atoms with Gasteiger partial charge in [0.25, 0.3) is 0 Å². The Hall–Kier alpha value is -3.08. The summed E-state index contributed by atoms with van der Waals surface area (Å²) in [5.41, 5.74) is 3.64. The molecule has 31 heavy (non-hydrogen) atoms. The zero-order valence-corrected chi connectivity index (χ0v) is 18.2. The average molecular weight is 421 g/mol. The standard InChI is InChI=1S/C26H29FN2O2/c1-3-5-6-7-8-9-20-12-15-22(23(27)16-20)26(30)31-25-18-28-24(17-29-25)21-13-10-19(4-2)11-14-21/h10-18H,3-9H2,1-2H3. The Balaban J connectivity index is 1.59. The smallest absolute Gasteiger partial charge is 0.347 e. The van der Waals surface area contributed by atoms with Crippen LogP contribution in [0.4, 0.5) is 4.39 Å². The van der Waals surface area contributed by atoms with Crippen molar-refractivity contribution in [1.82, 2.24) is 9.97 Å². The maximum Gasteiger partial charge on any atom is 0.347 e. The summed E-state index contributed by atoms with van der Waals surface area (Å²) in [4.78, 5) is 20.8. The van der Waals surface area contributed by atoms with Crippen molar-refractivity contribution < 1.29 is 13.9 Å². The second-order valence-corrected chi connectivity index (χ2v) is 7.66. The summed E-state index contributed by atoms with van der Waals surface area (Å²) in [5.74, 6) is -1.31. The Kier molecular flexibility index (Phi) is 8.27. The normalized spacial score (nSPS) is 10.8. The highest BCUT2D eigenvalue weighted by molar-refractivity contribution is 5.91.